The first-order valence-corrected chi connectivity index (χ1v) is 23.0. The summed E-state index contributed by atoms with van der Waals surface area (Å²) < 4.78 is 0. The van der Waals surface area contributed by atoms with Crippen LogP contribution in [0.5, 0.6) is 0 Å². The lowest BCUT2D eigenvalue weighted by atomic mass is 9.93. The Morgan fingerprint density at radius 2 is 1.35 bits per heavy atom. The number of anilines is 2. The summed E-state index contributed by atoms with van der Waals surface area (Å²) in [6.07, 6.45) is 12.7. The molecule has 5 aromatic rings. The van der Waals surface area contributed by atoms with Crippen molar-refractivity contribution in [3.63, 3.8) is 0 Å². The molecule has 1 saturated carbocycles. The summed E-state index contributed by atoms with van der Waals surface area (Å²) in [5.74, 6) is -0.621. The maximum Gasteiger partial charge on any atom is 0.346 e. The maximum atomic E-state index is 11.4. The lowest BCUT2D eigenvalue weighted by Gasteiger charge is -2.31. The minimum atomic E-state index is -2.15. The maximum absolute atomic E-state index is 11.4. The second-order valence-electron chi connectivity index (χ2n) is 16.2. The van der Waals surface area contributed by atoms with E-state index in [2.05, 4.69) is 117 Å². The van der Waals surface area contributed by atoms with Gasteiger partial charge in [0.05, 0.1) is 0 Å². The summed E-state index contributed by atoms with van der Waals surface area (Å²) in [6.45, 7) is 6.80. The Kier molecular flexibility index (Phi) is 10.4. The number of hydrogen-bond donors (Lipinski definition) is 1. The zero-order chi connectivity index (χ0) is 38.1. The normalized spacial score (nSPS) is 17.7. The molecule has 4 nitrogen and oxygen atoms in total. The first-order valence-electron chi connectivity index (χ1n) is 20.6. The van der Waals surface area contributed by atoms with E-state index in [0.717, 1.165) is 5.56 Å². The molecule has 5 aromatic carbocycles. The fraction of sp³-hybridized carbons (Fsp3) is 0.320. The predicted octanol–water partition coefficient (Wildman–Crippen LogP) is 12.0. The molecule has 8 rings (SSSR count). The van der Waals surface area contributed by atoms with Crippen LogP contribution in [0.4, 0.5) is 11.4 Å². The molecule has 2 heterocycles. The Bertz CT molecular complexity index is 2290. The van der Waals surface area contributed by atoms with Crippen molar-refractivity contribution in [3.8, 4) is 39.4 Å². The molecule has 2 atom stereocenters. The monoisotopic (exact) mass is 740 g/mol. The van der Waals surface area contributed by atoms with Gasteiger partial charge in [0, 0.05) is 23.3 Å². The Balaban J connectivity index is 1.20. The number of hydrogen-bond acceptors (Lipinski definition) is 3. The van der Waals surface area contributed by atoms with Crippen LogP contribution in [0.25, 0.3) is 39.5 Å². The number of fused-ring (bicyclic) bond motifs is 6. The molecular weight excluding hydrogens is 689 g/mol. The molecular formula is C50H52N2O2Si. The first kappa shape index (κ1) is 36.8. The van der Waals surface area contributed by atoms with Gasteiger partial charge in [-0.05, 0) is 117 Å². The van der Waals surface area contributed by atoms with Gasteiger partial charge in [-0.25, -0.2) is 4.79 Å². The smallest absolute Gasteiger partial charge is 0.346 e. The summed E-state index contributed by atoms with van der Waals surface area (Å²) in [5, 5.41) is 21.8. The standard InChI is InChI=1S/C50H52N2O2Si/c1-4-6-8-27-55(28-9-7-5-2)48-31-38(36-17-15-35(16-18-36)29-40(33-51)50(53)54)19-24-43(48)44-25-20-39(32-49(44)55)37-21-26-47-45(30-37)42-11-10-12-46(42)52(47)41-22-13-34(3)14-23-41/h13-26,29-32,42,46H,4-12,27-28H2,1-3H3,(H,53,54)/b40-29-. The summed E-state index contributed by atoms with van der Waals surface area (Å²) >= 11 is 0. The average molecular weight is 741 g/mol. The highest BCUT2D eigenvalue weighted by Crippen LogP contribution is 2.53. The zero-order valence-corrected chi connectivity index (χ0v) is 33.6. The van der Waals surface area contributed by atoms with Gasteiger partial charge in [-0.1, -0.05) is 143 Å². The number of nitriles is 1. The molecule has 1 N–H and O–H groups in total. The topological polar surface area (TPSA) is 64.3 Å². The van der Waals surface area contributed by atoms with Crippen molar-refractivity contribution < 1.29 is 9.90 Å². The number of carbonyl (C=O) groups is 1. The average Bonchev–Trinajstić information content (AvgIpc) is 3.88. The Labute approximate surface area is 328 Å². The van der Waals surface area contributed by atoms with Gasteiger partial charge in [0.15, 0.2) is 0 Å². The Morgan fingerprint density at radius 3 is 1.95 bits per heavy atom. The van der Waals surface area contributed by atoms with E-state index < -0.39 is 14.0 Å². The third-order valence-corrected chi connectivity index (χ3v) is 18.1. The van der Waals surface area contributed by atoms with Gasteiger partial charge in [0.2, 0.25) is 0 Å². The summed E-state index contributed by atoms with van der Waals surface area (Å²) in [6, 6.07) is 43.9. The highest BCUT2D eigenvalue weighted by atomic mass is 28.3. The minimum Gasteiger partial charge on any atom is -0.477 e. The van der Waals surface area contributed by atoms with Gasteiger partial charge >= 0.3 is 5.97 Å². The van der Waals surface area contributed by atoms with Crippen LogP contribution < -0.4 is 15.3 Å². The second kappa shape index (κ2) is 15.5. The van der Waals surface area contributed by atoms with Crippen molar-refractivity contribution in [1.29, 1.82) is 5.26 Å². The van der Waals surface area contributed by atoms with Gasteiger partial charge in [0.25, 0.3) is 0 Å². The van der Waals surface area contributed by atoms with Gasteiger partial charge in [-0.2, -0.15) is 5.26 Å². The second-order valence-corrected chi connectivity index (χ2v) is 20.4. The van der Waals surface area contributed by atoms with E-state index in [0.29, 0.717) is 17.5 Å². The van der Waals surface area contributed by atoms with Crippen molar-refractivity contribution in [3.05, 3.63) is 125 Å². The van der Waals surface area contributed by atoms with Gasteiger partial charge < -0.3 is 10.0 Å². The van der Waals surface area contributed by atoms with E-state index in [4.69, 9.17) is 0 Å². The van der Waals surface area contributed by atoms with E-state index in [9.17, 15) is 15.2 Å². The number of nitrogens with zero attached hydrogens (tertiary/aromatic N) is 2. The van der Waals surface area contributed by atoms with Crippen molar-refractivity contribution >= 4 is 41.9 Å². The van der Waals surface area contributed by atoms with Crippen LogP contribution in [0.1, 0.15) is 94.2 Å². The van der Waals surface area contributed by atoms with Crippen LogP contribution in [0.3, 0.4) is 0 Å². The highest BCUT2D eigenvalue weighted by Gasteiger charge is 2.45. The molecule has 0 bridgehead atoms. The van der Waals surface area contributed by atoms with Crippen LogP contribution in [-0.2, 0) is 4.79 Å². The van der Waals surface area contributed by atoms with Crippen LogP contribution >= 0.6 is 0 Å². The molecule has 1 aliphatic carbocycles. The van der Waals surface area contributed by atoms with E-state index >= 15 is 0 Å². The van der Waals surface area contributed by atoms with Gasteiger partial charge in [0.1, 0.15) is 19.7 Å². The minimum absolute atomic E-state index is 0.260. The Hall–Kier alpha value is -5.18. The van der Waals surface area contributed by atoms with Crippen molar-refractivity contribution in [2.24, 2.45) is 0 Å². The number of unbranched alkanes of at least 4 members (excludes halogenated alkanes) is 4. The molecule has 2 unspecified atom stereocenters. The van der Waals surface area contributed by atoms with Crippen LogP contribution in [0.2, 0.25) is 12.1 Å². The molecule has 0 saturated heterocycles. The largest absolute Gasteiger partial charge is 0.477 e. The number of carboxylic acid groups (broad SMARTS) is 1. The molecule has 1 fully saturated rings. The molecule has 55 heavy (non-hydrogen) atoms. The summed E-state index contributed by atoms with van der Waals surface area (Å²) in [7, 11) is -2.15. The highest BCUT2D eigenvalue weighted by molar-refractivity contribution is 7.05. The van der Waals surface area contributed by atoms with Crippen molar-refractivity contribution in [2.45, 2.75) is 103 Å². The molecule has 3 aliphatic rings. The number of rotatable bonds is 13. The van der Waals surface area contributed by atoms with E-state index in [1.807, 2.05) is 12.1 Å². The molecule has 0 spiro atoms. The third-order valence-electron chi connectivity index (χ3n) is 12.8. The molecule has 0 amide bonds. The van der Waals surface area contributed by atoms with E-state index in [-0.39, 0.29) is 5.57 Å². The van der Waals surface area contributed by atoms with Crippen molar-refractivity contribution in [2.75, 3.05) is 4.90 Å². The number of benzene rings is 5. The first-order chi connectivity index (χ1) is 26.8. The van der Waals surface area contributed by atoms with Crippen LogP contribution in [-0.4, -0.2) is 25.2 Å². The Morgan fingerprint density at radius 1 is 0.764 bits per heavy atom. The number of carboxylic acids is 1. The van der Waals surface area contributed by atoms with Gasteiger partial charge in [-0.15, -0.1) is 0 Å². The predicted molar refractivity (Wildman–Crippen MR) is 231 cm³/mol. The summed E-state index contributed by atoms with van der Waals surface area (Å²) in [4.78, 5) is 14.1. The van der Waals surface area contributed by atoms with Crippen LogP contribution in [0, 0.1) is 18.3 Å². The molecule has 0 aromatic heterocycles. The number of aliphatic carboxylic acids is 1. The summed E-state index contributed by atoms with van der Waals surface area (Å²) in [5.41, 5.74) is 13.8. The lowest BCUT2D eigenvalue weighted by molar-refractivity contribution is -0.132. The molecule has 278 valence electrons. The fourth-order valence-corrected chi connectivity index (χ4v) is 15.7. The zero-order valence-electron chi connectivity index (χ0n) is 32.6. The third kappa shape index (κ3) is 6.76. The van der Waals surface area contributed by atoms with E-state index in [1.165, 1.54) is 126 Å². The van der Waals surface area contributed by atoms with E-state index in [1.54, 1.807) is 16.4 Å². The SMILES string of the molecule is CCCCC[Si]1(CCCCC)c2cc(-c3ccc(/C=C(/C#N)C(=O)O)cc3)ccc2-c2ccc(-c3ccc4c(c3)C3CCCC3N4c3ccc(C)cc3)cc21. The molecule has 5 heteroatoms. The number of aryl methyl sites for hydroxylation is 1. The molecule has 2 aliphatic heterocycles. The fourth-order valence-electron chi connectivity index (χ4n) is 10.0. The van der Waals surface area contributed by atoms with Crippen LogP contribution in [0.15, 0.2) is 109 Å². The quantitative estimate of drug-likeness (QED) is 0.0565. The van der Waals surface area contributed by atoms with Gasteiger partial charge in [-0.3, -0.25) is 0 Å². The molecule has 0 radical (unpaired) electrons. The lowest BCUT2D eigenvalue weighted by Crippen LogP contribution is -2.55. The van der Waals surface area contributed by atoms with Crippen molar-refractivity contribution in [1.82, 2.24) is 0 Å².